The van der Waals surface area contributed by atoms with Gasteiger partial charge in [0.25, 0.3) is 0 Å². The second-order valence-electron chi connectivity index (χ2n) is 3.55. The maximum atomic E-state index is 8.89. The van der Waals surface area contributed by atoms with Gasteiger partial charge in [0.1, 0.15) is 0 Å². The molecule has 0 heterocycles. The van der Waals surface area contributed by atoms with E-state index in [9.17, 15) is 0 Å². The Morgan fingerprint density at radius 1 is 1.60 bits per heavy atom. The number of hydrogen-bond acceptors (Lipinski definition) is 3. The van der Waals surface area contributed by atoms with Crippen LogP contribution in [0, 0.1) is 0 Å². The summed E-state index contributed by atoms with van der Waals surface area (Å²) in [6, 6.07) is 0. The molecule has 0 unspecified atom stereocenters. The van der Waals surface area contributed by atoms with Gasteiger partial charge in [0.2, 0.25) is 0 Å². The molecule has 0 bridgehead atoms. The van der Waals surface area contributed by atoms with Gasteiger partial charge in [-0.25, -0.2) is 0 Å². The lowest BCUT2D eigenvalue weighted by molar-refractivity contribution is -0.138. The van der Waals surface area contributed by atoms with Gasteiger partial charge < -0.3 is 15.6 Å². The van der Waals surface area contributed by atoms with Crippen LogP contribution in [0.4, 0.5) is 0 Å². The predicted molar refractivity (Wildman–Crippen MR) is 38.7 cm³/mol. The fourth-order valence-electron chi connectivity index (χ4n) is 1.74. The fraction of sp³-hybridized carbons (Fsp3) is 1.00. The highest BCUT2D eigenvalue weighted by Crippen LogP contribution is 2.41. The zero-order valence-corrected chi connectivity index (χ0v) is 6.55. The van der Waals surface area contributed by atoms with Gasteiger partial charge in [-0.05, 0) is 19.8 Å². The largest absolute Gasteiger partial charge is 0.393 e. The van der Waals surface area contributed by atoms with Crippen LogP contribution in [0.1, 0.15) is 19.8 Å². The van der Waals surface area contributed by atoms with E-state index in [2.05, 4.69) is 0 Å². The van der Waals surface area contributed by atoms with Gasteiger partial charge >= 0.3 is 0 Å². The molecule has 1 aliphatic rings. The average Bonchev–Trinajstić information content (AvgIpc) is 1.82. The molecule has 0 aliphatic heterocycles. The van der Waals surface area contributed by atoms with Gasteiger partial charge in [0.15, 0.2) is 0 Å². The van der Waals surface area contributed by atoms with E-state index < -0.39 is 0 Å². The molecule has 3 heteroatoms. The van der Waals surface area contributed by atoms with Gasteiger partial charge in [-0.1, -0.05) is 0 Å². The lowest BCUT2D eigenvalue weighted by Gasteiger charge is -2.50. The van der Waals surface area contributed by atoms with E-state index in [0.717, 1.165) is 12.8 Å². The topological polar surface area (TPSA) is 55.5 Å². The number of methoxy groups -OCH3 is 1. The quantitative estimate of drug-likeness (QED) is 0.569. The summed E-state index contributed by atoms with van der Waals surface area (Å²) in [5.41, 5.74) is 5.30. The van der Waals surface area contributed by atoms with Crippen LogP contribution >= 0.6 is 0 Å². The molecule has 1 fully saturated rings. The molecule has 3 nitrogen and oxygen atoms in total. The summed E-state index contributed by atoms with van der Waals surface area (Å²) in [6.07, 6.45) is 1.51. The Morgan fingerprint density at radius 2 is 2.10 bits per heavy atom. The minimum atomic E-state index is -0.330. The number of hydrogen-bond donors (Lipinski definition) is 2. The normalized spacial score (nSPS) is 46.8. The van der Waals surface area contributed by atoms with Crippen LogP contribution in [0.15, 0.2) is 0 Å². The van der Waals surface area contributed by atoms with Crippen molar-refractivity contribution in [2.75, 3.05) is 13.7 Å². The number of nitrogens with two attached hydrogens (primary N) is 1. The number of rotatable bonds is 2. The molecule has 1 saturated carbocycles. The molecule has 0 aromatic rings. The molecule has 1 aliphatic carbocycles. The number of ether oxygens (including phenoxy) is 1. The van der Waals surface area contributed by atoms with Crippen LogP contribution in [0.3, 0.4) is 0 Å². The molecule has 0 aromatic heterocycles. The van der Waals surface area contributed by atoms with Crippen LogP contribution in [0.5, 0.6) is 0 Å². The first kappa shape index (κ1) is 7.98. The maximum absolute atomic E-state index is 8.89. The molecule has 0 spiro atoms. The third-order valence-corrected chi connectivity index (χ3v) is 2.17. The molecule has 10 heavy (non-hydrogen) atoms. The Balaban J connectivity index is 2.46. The summed E-state index contributed by atoms with van der Waals surface area (Å²) in [5, 5.41) is 8.89. The van der Waals surface area contributed by atoms with Gasteiger partial charge in [0.05, 0.1) is 12.2 Å². The van der Waals surface area contributed by atoms with E-state index in [-0.39, 0.29) is 17.7 Å². The monoisotopic (exact) mass is 145 g/mol. The Bertz CT molecular complexity index is 120. The van der Waals surface area contributed by atoms with Crippen LogP contribution in [-0.4, -0.2) is 30.0 Å². The summed E-state index contributed by atoms with van der Waals surface area (Å²) in [6.45, 7) is 2.05. The minimum Gasteiger partial charge on any atom is -0.393 e. The standard InChI is InChI=1S/C7H15NO2/c1-6(8)3-7(4-6,5-9)10-2/h9H,3-5,8H2,1-2H3. The van der Waals surface area contributed by atoms with Crippen molar-refractivity contribution in [1.29, 1.82) is 0 Å². The van der Waals surface area contributed by atoms with Gasteiger partial charge in [0, 0.05) is 12.6 Å². The number of aliphatic hydroxyl groups is 1. The van der Waals surface area contributed by atoms with Crippen molar-refractivity contribution in [2.45, 2.75) is 30.9 Å². The summed E-state index contributed by atoms with van der Waals surface area (Å²) >= 11 is 0. The molecule has 0 atom stereocenters. The van der Waals surface area contributed by atoms with Crippen molar-refractivity contribution in [3.63, 3.8) is 0 Å². The highest BCUT2D eigenvalue weighted by atomic mass is 16.5. The molecule has 1 rings (SSSR count). The van der Waals surface area contributed by atoms with Crippen molar-refractivity contribution in [3.8, 4) is 0 Å². The summed E-state index contributed by atoms with van der Waals surface area (Å²) in [7, 11) is 1.62. The van der Waals surface area contributed by atoms with Gasteiger partial charge in [-0.3, -0.25) is 0 Å². The first-order valence-electron chi connectivity index (χ1n) is 3.49. The van der Waals surface area contributed by atoms with Gasteiger partial charge in [-0.15, -0.1) is 0 Å². The summed E-state index contributed by atoms with van der Waals surface area (Å²) < 4.78 is 5.13. The van der Waals surface area contributed by atoms with Crippen molar-refractivity contribution in [1.82, 2.24) is 0 Å². The van der Waals surface area contributed by atoms with E-state index in [0.29, 0.717) is 0 Å². The van der Waals surface area contributed by atoms with Crippen LogP contribution in [0.25, 0.3) is 0 Å². The van der Waals surface area contributed by atoms with E-state index in [1.54, 1.807) is 7.11 Å². The molecule has 3 N–H and O–H groups in total. The second-order valence-corrected chi connectivity index (χ2v) is 3.55. The van der Waals surface area contributed by atoms with Crippen molar-refractivity contribution in [3.05, 3.63) is 0 Å². The van der Waals surface area contributed by atoms with Crippen molar-refractivity contribution >= 4 is 0 Å². The second kappa shape index (κ2) is 2.19. The van der Waals surface area contributed by atoms with E-state index in [1.807, 2.05) is 6.92 Å². The molecular weight excluding hydrogens is 130 g/mol. The minimum absolute atomic E-state index is 0.0797. The van der Waals surface area contributed by atoms with Crippen LogP contribution in [-0.2, 0) is 4.74 Å². The molecule has 0 saturated heterocycles. The first-order chi connectivity index (χ1) is 4.54. The van der Waals surface area contributed by atoms with Crippen molar-refractivity contribution in [2.24, 2.45) is 5.73 Å². The highest BCUT2D eigenvalue weighted by Gasteiger charge is 2.49. The fourth-order valence-corrected chi connectivity index (χ4v) is 1.74. The Labute approximate surface area is 61.2 Å². The smallest absolute Gasteiger partial charge is 0.0943 e. The average molecular weight is 145 g/mol. The summed E-state index contributed by atoms with van der Waals surface area (Å²) in [5.74, 6) is 0. The lowest BCUT2D eigenvalue weighted by Crippen LogP contribution is -2.62. The maximum Gasteiger partial charge on any atom is 0.0943 e. The predicted octanol–water partition coefficient (Wildman–Crippen LogP) is -0.125. The third-order valence-electron chi connectivity index (χ3n) is 2.17. The molecular formula is C7H15NO2. The first-order valence-corrected chi connectivity index (χ1v) is 3.49. The third kappa shape index (κ3) is 1.17. The van der Waals surface area contributed by atoms with Crippen molar-refractivity contribution < 1.29 is 9.84 Å². The number of aliphatic hydroxyl groups excluding tert-OH is 1. The SMILES string of the molecule is COC1(CO)CC(C)(N)C1. The molecule has 0 radical (unpaired) electrons. The zero-order valence-electron chi connectivity index (χ0n) is 6.55. The molecule has 0 aromatic carbocycles. The lowest BCUT2D eigenvalue weighted by atomic mass is 9.67. The van der Waals surface area contributed by atoms with Crippen LogP contribution in [0.2, 0.25) is 0 Å². The Hall–Kier alpha value is -0.120. The summed E-state index contributed by atoms with van der Waals surface area (Å²) in [4.78, 5) is 0. The van der Waals surface area contributed by atoms with Gasteiger partial charge in [-0.2, -0.15) is 0 Å². The van der Waals surface area contributed by atoms with E-state index in [1.165, 1.54) is 0 Å². The van der Waals surface area contributed by atoms with E-state index >= 15 is 0 Å². The Kier molecular flexibility index (Phi) is 1.75. The zero-order chi connectivity index (χ0) is 7.83. The highest BCUT2D eigenvalue weighted by molar-refractivity contribution is 5.06. The molecule has 0 amide bonds. The van der Waals surface area contributed by atoms with E-state index in [4.69, 9.17) is 15.6 Å². The Morgan fingerprint density at radius 3 is 2.20 bits per heavy atom. The van der Waals surface area contributed by atoms with Crippen LogP contribution < -0.4 is 5.73 Å². The molecule has 60 valence electrons.